The van der Waals surface area contributed by atoms with Crippen molar-refractivity contribution in [2.45, 2.75) is 40.0 Å². The van der Waals surface area contributed by atoms with Crippen LogP contribution in [0.3, 0.4) is 0 Å². The number of rotatable bonds is 2. The topological polar surface area (TPSA) is 42.1 Å². The van der Waals surface area contributed by atoms with E-state index in [0.29, 0.717) is 29.6 Å². The fourth-order valence-corrected chi connectivity index (χ4v) is 4.64. The molecule has 0 saturated heterocycles. The van der Waals surface area contributed by atoms with E-state index in [1.807, 2.05) is 13.1 Å². The maximum atomic E-state index is 12.1. The lowest BCUT2D eigenvalue weighted by molar-refractivity contribution is 0.0519. The number of H-pyrrole nitrogens is 1. The molecule has 5 rings (SSSR count). The van der Waals surface area contributed by atoms with E-state index in [9.17, 15) is 4.79 Å². The number of carbonyl (C=O) groups is 1. The summed E-state index contributed by atoms with van der Waals surface area (Å²) in [7, 11) is 0. The van der Waals surface area contributed by atoms with Gasteiger partial charge in [-0.15, -0.1) is 0 Å². The minimum absolute atomic E-state index is 0.219. The quantitative estimate of drug-likeness (QED) is 0.666. The fraction of sp³-hybridized carbons (Fsp3) is 0.526. The Morgan fingerprint density at radius 3 is 2.86 bits per heavy atom. The first-order valence-electron chi connectivity index (χ1n) is 8.27. The molecule has 2 unspecified atom stereocenters. The number of carbonyl (C=O) groups excluding carboxylic acids is 1. The second-order valence-corrected chi connectivity index (χ2v) is 7.45. The maximum Gasteiger partial charge on any atom is 0.355 e. The lowest BCUT2D eigenvalue weighted by Crippen LogP contribution is -2.39. The molecule has 0 aromatic carbocycles. The van der Waals surface area contributed by atoms with Gasteiger partial charge in [-0.2, -0.15) is 0 Å². The van der Waals surface area contributed by atoms with E-state index in [1.165, 1.54) is 12.0 Å². The van der Waals surface area contributed by atoms with Crippen LogP contribution in [0.5, 0.6) is 0 Å². The molecular weight excluding hydrogens is 274 g/mol. The average molecular weight is 297 g/mol. The second kappa shape index (κ2) is 4.61. The van der Waals surface area contributed by atoms with Crippen LogP contribution in [0.4, 0.5) is 0 Å². The van der Waals surface area contributed by atoms with Gasteiger partial charge in [-0.1, -0.05) is 37.1 Å². The molecule has 1 aromatic rings. The van der Waals surface area contributed by atoms with E-state index < -0.39 is 0 Å². The van der Waals surface area contributed by atoms with Gasteiger partial charge in [-0.05, 0) is 48.6 Å². The lowest BCUT2D eigenvalue weighted by Gasteiger charge is -2.48. The van der Waals surface area contributed by atoms with Gasteiger partial charge in [0.2, 0.25) is 0 Å². The number of aromatic amines is 1. The average Bonchev–Trinajstić information content (AvgIpc) is 2.88. The predicted octanol–water partition coefficient (Wildman–Crippen LogP) is 3.82. The van der Waals surface area contributed by atoms with Crippen molar-refractivity contribution in [3.05, 3.63) is 46.3 Å². The monoisotopic (exact) mass is 297 g/mol. The van der Waals surface area contributed by atoms with Crippen LogP contribution in [-0.4, -0.2) is 17.6 Å². The number of aromatic nitrogens is 1. The normalized spacial score (nSPS) is 27.6. The van der Waals surface area contributed by atoms with Crippen LogP contribution in [0.25, 0.3) is 0 Å². The molecule has 3 heteroatoms. The predicted molar refractivity (Wildman–Crippen MR) is 85.7 cm³/mol. The highest BCUT2D eigenvalue weighted by atomic mass is 16.5. The van der Waals surface area contributed by atoms with Crippen LogP contribution in [-0.2, 0) is 17.6 Å². The molecule has 1 heterocycles. The Labute approximate surface area is 131 Å². The summed E-state index contributed by atoms with van der Waals surface area (Å²) in [6.45, 7) is 7.01. The minimum Gasteiger partial charge on any atom is -0.461 e. The van der Waals surface area contributed by atoms with Gasteiger partial charge in [-0.3, -0.25) is 0 Å². The number of esters is 1. The smallest absolute Gasteiger partial charge is 0.355 e. The number of ether oxygens (including phenoxy) is 1. The zero-order valence-electron chi connectivity index (χ0n) is 13.5. The highest BCUT2D eigenvalue weighted by Crippen LogP contribution is 2.54. The molecule has 0 radical (unpaired) electrons. The molecule has 0 fully saturated rings. The summed E-state index contributed by atoms with van der Waals surface area (Å²) >= 11 is 0. The molecule has 2 atom stereocenters. The highest BCUT2D eigenvalue weighted by molar-refractivity contribution is 5.90. The number of fused-ring (bicyclic) bond motifs is 2. The first-order chi connectivity index (χ1) is 10.5. The highest BCUT2D eigenvalue weighted by Gasteiger charge is 2.44. The lowest BCUT2D eigenvalue weighted by atomic mass is 9.56. The Kier molecular flexibility index (Phi) is 2.91. The van der Waals surface area contributed by atoms with Gasteiger partial charge < -0.3 is 9.72 Å². The molecule has 4 aliphatic rings. The fourth-order valence-electron chi connectivity index (χ4n) is 4.64. The van der Waals surface area contributed by atoms with Crippen molar-refractivity contribution in [1.82, 2.24) is 4.98 Å². The zero-order valence-corrected chi connectivity index (χ0v) is 13.5. The van der Waals surface area contributed by atoms with E-state index in [-0.39, 0.29) is 5.97 Å². The molecule has 1 N–H and O–H groups in total. The third-order valence-electron chi connectivity index (χ3n) is 5.67. The maximum absolute atomic E-state index is 12.1. The van der Waals surface area contributed by atoms with Gasteiger partial charge >= 0.3 is 5.97 Å². The molecule has 3 nitrogen and oxygen atoms in total. The van der Waals surface area contributed by atoms with Crippen LogP contribution in [0.2, 0.25) is 0 Å². The number of allylic oxidation sites excluding steroid dienone is 4. The van der Waals surface area contributed by atoms with Crippen LogP contribution >= 0.6 is 0 Å². The van der Waals surface area contributed by atoms with Crippen LogP contribution in [0.15, 0.2) is 29.5 Å². The van der Waals surface area contributed by atoms with Crippen LogP contribution in [0.1, 0.15) is 48.8 Å². The number of hydrogen-bond acceptors (Lipinski definition) is 2. The number of hydrogen-bond donors (Lipinski definition) is 1. The molecule has 0 amide bonds. The summed E-state index contributed by atoms with van der Waals surface area (Å²) < 4.78 is 5.19. The SMILES string of the molecule is CCOC(=O)c1[nH]cc2c1CC1=C(C2)C2C=CC1C(C)(C)C2. The summed E-state index contributed by atoms with van der Waals surface area (Å²) in [5.74, 6) is 0.887. The van der Waals surface area contributed by atoms with E-state index >= 15 is 0 Å². The molecule has 0 spiro atoms. The van der Waals surface area contributed by atoms with Gasteiger partial charge in [-0.25, -0.2) is 4.79 Å². The molecule has 22 heavy (non-hydrogen) atoms. The van der Waals surface area contributed by atoms with Gasteiger partial charge in [0.1, 0.15) is 5.69 Å². The Morgan fingerprint density at radius 2 is 2.14 bits per heavy atom. The van der Waals surface area contributed by atoms with Crippen LogP contribution in [0, 0.1) is 17.3 Å². The summed E-state index contributed by atoms with van der Waals surface area (Å²) in [4.78, 5) is 15.3. The minimum atomic E-state index is -0.219. The van der Waals surface area contributed by atoms with Gasteiger partial charge in [0.25, 0.3) is 0 Å². The molecule has 1 aromatic heterocycles. The van der Waals surface area contributed by atoms with Gasteiger partial charge in [0.05, 0.1) is 6.61 Å². The van der Waals surface area contributed by atoms with Crippen molar-refractivity contribution in [1.29, 1.82) is 0 Å². The summed E-state index contributed by atoms with van der Waals surface area (Å²) in [5, 5.41) is 0. The Balaban J connectivity index is 1.72. The summed E-state index contributed by atoms with van der Waals surface area (Å²) in [5.41, 5.74) is 6.59. The standard InChI is InChI=1S/C19H23NO2/c1-4-22-18(21)17-14-8-15-13(7-12(14)10-20-17)11-5-6-16(15)19(2,3)9-11/h5-6,10-11,16,20H,4,7-9H2,1-3H3. The van der Waals surface area contributed by atoms with Crippen molar-refractivity contribution in [2.75, 3.05) is 6.61 Å². The third kappa shape index (κ3) is 1.84. The van der Waals surface area contributed by atoms with E-state index in [2.05, 4.69) is 31.0 Å². The van der Waals surface area contributed by atoms with Crippen molar-refractivity contribution in [3.63, 3.8) is 0 Å². The third-order valence-corrected chi connectivity index (χ3v) is 5.67. The summed E-state index contributed by atoms with van der Waals surface area (Å²) in [6.07, 6.45) is 9.94. The Morgan fingerprint density at radius 1 is 1.32 bits per heavy atom. The number of nitrogens with one attached hydrogen (secondary N) is 1. The van der Waals surface area contributed by atoms with Crippen molar-refractivity contribution >= 4 is 5.97 Å². The Bertz CT molecular complexity index is 705. The Hall–Kier alpha value is -1.77. The molecular formula is C19H23NO2. The first kappa shape index (κ1) is 13.9. The largest absolute Gasteiger partial charge is 0.461 e. The van der Waals surface area contributed by atoms with Crippen LogP contribution < -0.4 is 0 Å². The van der Waals surface area contributed by atoms with Gasteiger partial charge in [0.15, 0.2) is 0 Å². The van der Waals surface area contributed by atoms with Gasteiger partial charge in [0, 0.05) is 12.1 Å². The van der Waals surface area contributed by atoms with E-state index in [0.717, 1.165) is 18.4 Å². The summed E-state index contributed by atoms with van der Waals surface area (Å²) in [6, 6.07) is 0. The zero-order chi connectivity index (χ0) is 15.5. The molecule has 2 bridgehead atoms. The molecule has 4 aliphatic carbocycles. The van der Waals surface area contributed by atoms with Crippen molar-refractivity contribution in [3.8, 4) is 0 Å². The first-order valence-corrected chi connectivity index (χ1v) is 8.27. The van der Waals surface area contributed by atoms with E-state index in [1.54, 1.807) is 11.1 Å². The second-order valence-electron chi connectivity index (χ2n) is 7.45. The van der Waals surface area contributed by atoms with Crippen molar-refractivity contribution in [2.24, 2.45) is 17.3 Å². The van der Waals surface area contributed by atoms with Crippen molar-refractivity contribution < 1.29 is 9.53 Å². The molecule has 0 aliphatic heterocycles. The van der Waals surface area contributed by atoms with E-state index in [4.69, 9.17) is 4.74 Å². The molecule has 116 valence electrons. The molecule has 0 saturated carbocycles.